The highest BCUT2D eigenvalue weighted by molar-refractivity contribution is 6.31. The van der Waals surface area contributed by atoms with Gasteiger partial charge in [-0.3, -0.25) is 9.79 Å². The van der Waals surface area contributed by atoms with E-state index in [4.69, 9.17) is 21.3 Å². The molecule has 1 heterocycles. The fourth-order valence-corrected chi connectivity index (χ4v) is 3.76. The van der Waals surface area contributed by atoms with Gasteiger partial charge in [-0.25, -0.2) is 0 Å². The normalized spacial score (nSPS) is 15.2. The van der Waals surface area contributed by atoms with E-state index in [1.807, 2.05) is 13.1 Å². The molecule has 0 aromatic heterocycles. The van der Waals surface area contributed by atoms with Crippen LogP contribution >= 0.6 is 11.6 Å². The van der Waals surface area contributed by atoms with Crippen molar-refractivity contribution in [2.24, 2.45) is 4.99 Å². The molecule has 0 bridgehead atoms. The van der Waals surface area contributed by atoms with Crippen molar-refractivity contribution in [2.75, 3.05) is 26.0 Å². The van der Waals surface area contributed by atoms with Crippen molar-refractivity contribution in [1.82, 2.24) is 0 Å². The van der Waals surface area contributed by atoms with Crippen LogP contribution in [0.3, 0.4) is 0 Å². The minimum atomic E-state index is 0.0612. The van der Waals surface area contributed by atoms with Crippen molar-refractivity contribution in [1.29, 1.82) is 0 Å². The second-order valence-electron chi connectivity index (χ2n) is 7.14. The van der Waals surface area contributed by atoms with E-state index in [-0.39, 0.29) is 5.78 Å². The van der Waals surface area contributed by atoms with E-state index in [9.17, 15) is 4.79 Å². The van der Waals surface area contributed by atoms with Crippen LogP contribution in [0.5, 0.6) is 5.75 Å². The predicted molar refractivity (Wildman–Crippen MR) is 121 cm³/mol. The molecule has 0 atom stereocenters. The van der Waals surface area contributed by atoms with Gasteiger partial charge in [0.25, 0.3) is 0 Å². The predicted octanol–water partition coefficient (Wildman–Crippen LogP) is 5.27. The summed E-state index contributed by atoms with van der Waals surface area (Å²) in [7, 11) is 3.54. The maximum atomic E-state index is 12.6. The Morgan fingerprint density at radius 3 is 2.55 bits per heavy atom. The number of ether oxygens (including phenoxy) is 1. The fraction of sp³-hybridized carbons (Fsp3) is 0.333. The lowest BCUT2D eigenvalue weighted by Crippen LogP contribution is -2.12. The highest BCUT2D eigenvalue weighted by atomic mass is 35.5. The van der Waals surface area contributed by atoms with Gasteiger partial charge in [-0.2, -0.15) is 0 Å². The van der Waals surface area contributed by atoms with E-state index in [2.05, 4.69) is 36.5 Å². The quantitative estimate of drug-likeness (QED) is 0.632. The van der Waals surface area contributed by atoms with Crippen LogP contribution < -0.4 is 10.1 Å². The Bertz CT molecular complexity index is 946. The molecule has 0 aliphatic carbocycles. The summed E-state index contributed by atoms with van der Waals surface area (Å²) in [5.41, 5.74) is 6.31. The Balaban J connectivity index is 1.67. The molecule has 2 aromatic carbocycles. The topological polar surface area (TPSA) is 50.7 Å². The molecule has 29 heavy (non-hydrogen) atoms. The Labute approximate surface area is 177 Å². The number of anilines is 1. The molecule has 3 rings (SSSR count). The van der Waals surface area contributed by atoms with Crippen molar-refractivity contribution in [3.63, 3.8) is 0 Å². The number of aliphatic imine (C=N–C) groups is 1. The van der Waals surface area contributed by atoms with Crippen molar-refractivity contribution in [3.8, 4) is 5.75 Å². The number of aryl methyl sites for hydroxylation is 1. The van der Waals surface area contributed by atoms with E-state index < -0.39 is 0 Å². The van der Waals surface area contributed by atoms with Crippen LogP contribution in [-0.4, -0.2) is 32.2 Å². The monoisotopic (exact) mass is 410 g/mol. The van der Waals surface area contributed by atoms with Crippen molar-refractivity contribution >= 4 is 28.8 Å². The third-order valence-corrected chi connectivity index (χ3v) is 5.57. The molecule has 0 saturated carbocycles. The van der Waals surface area contributed by atoms with Gasteiger partial charge in [0.15, 0.2) is 5.78 Å². The summed E-state index contributed by atoms with van der Waals surface area (Å²) in [4.78, 5) is 17.3. The van der Waals surface area contributed by atoms with Gasteiger partial charge in [0.2, 0.25) is 0 Å². The van der Waals surface area contributed by atoms with Crippen molar-refractivity contribution in [2.45, 2.75) is 32.6 Å². The van der Waals surface area contributed by atoms with Crippen molar-refractivity contribution in [3.05, 3.63) is 69.8 Å². The van der Waals surface area contributed by atoms with Crippen LogP contribution in [0.4, 0.5) is 5.69 Å². The lowest BCUT2D eigenvalue weighted by molar-refractivity contribution is -0.114. The highest BCUT2D eigenvalue weighted by Gasteiger charge is 2.14. The van der Waals surface area contributed by atoms with E-state index in [1.165, 1.54) is 0 Å². The number of carbonyl (C=O) groups is 1. The molecule has 0 radical (unpaired) electrons. The molecule has 0 unspecified atom stereocenters. The van der Waals surface area contributed by atoms with Gasteiger partial charge >= 0.3 is 0 Å². The second kappa shape index (κ2) is 9.75. The lowest BCUT2D eigenvalue weighted by Gasteiger charge is -2.16. The Hall–Kier alpha value is -2.59. The van der Waals surface area contributed by atoms with E-state index in [1.54, 1.807) is 19.3 Å². The average Bonchev–Trinajstić information content (AvgIpc) is 2.75. The van der Waals surface area contributed by atoms with Gasteiger partial charge in [-0.05, 0) is 65.8 Å². The molecule has 2 aromatic rings. The first-order chi connectivity index (χ1) is 14.0. The molecular formula is C24H27ClN2O2. The number of halogens is 1. The van der Waals surface area contributed by atoms with Gasteiger partial charge in [-0.15, -0.1) is 0 Å². The van der Waals surface area contributed by atoms with Crippen LogP contribution in [-0.2, 0) is 17.6 Å². The highest BCUT2D eigenvalue weighted by Crippen LogP contribution is 2.28. The molecule has 0 saturated heterocycles. The minimum Gasteiger partial charge on any atom is -0.496 e. The first-order valence-electron chi connectivity index (χ1n) is 9.93. The van der Waals surface area contributed by atoms with Crippen LogP contribution in [0.2, 0.25) is 5.02 Å². The Morgan fingerprint density at radius 1 is 1.21 bits per heavy atom. The molecule has 152 valence electrons. The molecule has 0 fully saturated rings. The zero-order valence-electron chi connectivity index (χ0n) is 17.2. The maximum Gasteiger partial charge on any atom is 0.160 e. The van der Waals surface area contributed by atoms with Crippen molar-refractivity contribution < 1.29 is 9.53 Å². The summed E-state index contributed by atoms with van der Waals surface area (Å²) in [5, 5.41) is 3.69. The number of allylic oxidation sites excluding steroid dienone is 1. The van der Waals surface area contributed by atoms with E-state index >= 15 is 0 Å². The minimum absolute atomic E-state index is 0.0612. The van der Waals surface area contributed by atoms with Crippen LogP contribution in [0.15, 0.2) is 53.0 Å². The molecule has 1 aliphatic heterocycles. The van der Waals surface area contributed by atoms with Crippen LogP contribution in [0, 0.1) is 0 Å². The summed E-state index contributed by atoms with van der Waals surface area (Å²) < 4.78 is 5.36. The van der Waals surface area contributed by atoms with E-state index in [0.29, 0.717) is 18.0 Å². The lowest BCUT2D eigenvalue weighted by atomic mass is 9.96. The number of nitrogens with zero attached hydrogens (tertiary/aromatic N) is 1. The standard InChI is InChI=1S/C24H27ClN2O2/c1-4-17-12-19(22(25)14-24(17)29-3)13-21(28)11-16-5-10-23(27-15-16)18-6-8-20(26-2)9-7-18/h6-9,11-12,14,26H,4-5,10,13,15H2,1-3H3/b16-11+. The van der Waals surface area contributed by atoms with Crippen LogP contribution in [0.1, 0.15) is 36.5 Å². The summed E-state index contributed by atoms with van der Waals surface area (Å²) in [6.07, 6.45) is 4.57. The molecule has 0 spiro atoms. The SMILES string of the molecule is CCc1cc(CC(=O)/C=C2\CCC(c3ccc(NC)cc3)=NC2)c(Cl)cc1OC. The number of hydrogen-bond donors (Lipinski definition) is 1. The molecule has 5 heteroatoms. The fourth-order valence-electron chi connectivity index (χ4n) is 3.54. The molecule has 1 N–H and O–H groups in total. The number of ketones is 1. The van der Waals surface area contributed by atoms with Crippen LogP contribution in [0.25, 0.3) is 0 Å². The third kappa shape index (κ3) is 5.27. The molecule has 1 aliphatic rings. The molecule has 4 nitrogen and oxygen atoms in total. The number of methoxy groups -OCH3 is 1. The smallest absolute Gasteiger partial charge is 0.160 e. The van der Waals surface area contributed by atoms with Gasteiger partial charge in [-0.1, -0.05) is 36.7 Å². The summed E-state index contributed by atoms with van der Waals surface area (Å²) in [6, 6.07) is 12.0. The van der Waals surface area contributed by atoms with Gasteiger partial charge in [0, 0.05) is 29.9 Å². The number of hydrogen-bond acceptors (Lipinski definition) is 4. The molecular weight excluding hydrogens is 384 g/mol. The number of nitrogens with one attached hydrogen (secondary N) is 1. The Morgan fingerprint density at radius 2 is 1.97 bits per heavy atom. The zero-order chi connectivity index (χ0) is 20.8. The van der Waals surface area contributed by atoms with Gasteiger partial charge in [0.05, 0.1) is 13.7 Å². The Kier molecular flexibility index (Phi) is 7.10. The summed E-state index contributed by atoms with van der Waals surface area (Å²) in [6.45, 7) is 2.63. The number of carbonyl (C=O) groups excluding carboxylic acids is 1. The van der Waals surface area contributed by atoms with Gasteiger partial charge < -0.3 is 10.1 Å². The second-order valence-corrected chi connectivity index (χ2v) is 7.55. The number of benzene rings is 2. The summed E-state index contributed by atoms with van der Waals surface area (Å²) in [5.74, 6) is 0.829. The maximum absolute atomic E-state index is 12.6. The largest absolute Gasteiger partial charge is 0.496 e. The first-order valence-corrected chi connectivity index (χ1v) is 10.3. The van der Waals surface area contributed by atoms with E-state index in [0.717, 1.165) is 58.7 Å². The zero-order valence-corrected chi connectivity index (χ0v) is 18.0. The van der Waals surface area contributed by atoms with Gasteiger partial charge in [0.1, 0.15) is 5.75 Å². The summed E-state index contributed by atoms with van der Waals surface area (Å²) >= 11 is 6.35. The average molecular weight is 411 g/mol. The first kappa shape index (κ1) is 21.1. The third-order valence-electron chi connectivity index (χ3n) is 5.22. The molecule has 0 amide bonds. The number of rotatable bonds is 7.